The van der Waals surface area contributed by atoms with Gasteiger partial charge in [0.1, 0.15) is 11.6 Å². The summed E-state index contributed by atoms with van der Waals surface area (Å²) in [6.45, 7) is 5.17. The Bertz CT molecular complexity index is 980. The maximum absolute atomic E-state index is 12.8. The predicted molar refractivity (Wildman–Crippen MR) is 127 cm³/mol. The number of carbonyl (C=O) groups excluding carboxylic acids is 1. The molecule has 5 heteroatoms. The van der Waals surface area contributed by atoms with Crippen molar-refractivity contribution < 1.29 is 9.53 Å². The van der Waals surface area contributed by atoms with Crippen molar-refractivity contribution in [3.05, 3.63) is 59.9 Å². The highest BCUT2D eigenvalue weighted by atomic mass is 16.5. The lowest BCUT2D eigenvalue weighted by molar-refractivity contribution is 0.0937. The third-order valence-corrected chi connectivity index (χ3v) is 5.74. The Hall–Kier alpha value is -2.82. The Morgan fingerprint density at radius 3 is 2.55 bits per heavy atom. The average Bonchev–Trinajstić information content (AvgIpc) is 3.17. The molecule has 0 spiro atoms. The SMILES string of the molecule is CCCCCCCCCn1c(C(C)NC(=O)c2cccc(OC)c2)nc2ccccc21. The number of imidazole rings is 1. The minimum Gasteiger partial charge on any atom is -0.497 e. The first-order chi connectivity index (χ1) is 15.1. The molecule has 0 fully saturated rings. The summed E-state index contributed by atoms with van der Waals surface area (Å²) in [6.07, 6.45) is 8.90. The molecule has 1 heterocycles. The van der Waals surface area contributed by atoms with Crippen LogP contribution in [0.3, 0.4) is 0 Å². The summed E-state index contributed by atoms with van der Waals surface area (Å²) in [6, 6.07) is 15.2. The molecule has 5 nitrogen and oxygen atoms in total. The zero-order valence-corrected chi connectivity index (χ0v) is 19.1. The van der Waals surface area contributed by atoms with Gasteiger partial charge in [-0.1, -0.05) is 63.6 Å². The fourth-order valence-corrected chi connectivity index (χ4v) is 4.00. The van der Waals surface area contributed by atoms with E-state index in [1.54, 1.807) is 19.2 Å². The second-order valence-corrected chi connectivity index (χ2v) is 8.16. The highest BCUT2D eigenvalue weighted by Gasteiger charge is 2.19. The van der Waals surface area contributed by atoms with Crippen molar-refractivity contribution in [1.82, 2.24) is 14.9 Å². The molecule has 0 saturated carbocycles. The molecule has 31 heavy (non-hydrogen) atoms. The van der Waals surface area contributed by atoms with Gasteiger partial charge in [0.2, 0.25) is 0 Å². The lowest BCUT2D eigenvalue weighted by Crippen LogP contribution is -2.28. The summed E-state index contributed by atoms with van der Waals surface area (Å²) in [5.74, 6) is 1.45. The minimum atomic E-state index is -0.198. The number of aryl methyl sites for hydroxylation is 1. The largest absolute Gasteiger partial charge is 0.497 e. The van der Waals surface area contributed by atoms with E-state index in [0.717, 1.165) is 29.8 Å². The summed E-state index contributed by atoms with van der Waals surface area (Å²) < 4.78 is 7.52. The van der Waals surface area contributed by atoms with Crippen LogP contribution in [0.25, 0.3) is 11.0 Å². The molecule has 0 aliphatic rings. The van der Waals surface area contributed by atoms with Crippen LogP contribution in [0.4, 0.5) is 0 Å². The Morgan fingerprint density at radius 1 is 1.03 bits per heavy atom. The molecular formula is C26H35N3O2. The third-order valence-electron chi connectivity index (χ3n) is 5.74. The van der Waals surface area contributed by atoms with Gasteiger partial charge in [-0.05, 0) is 43.7 Å². The second-order valence-electron chi connectivity index (χ2n) is 8.16. The van der Waals surface area contributed by atoms with Crippen LogP contribution in [0.5, 0.6) is 5.75 Å². The number of hydrogen-bond donors (Lipinski definition) is 1. The van der Waals surface area contributed by atoms with E-state index < -0.39 is 0 Å². The molecule has 166 valence electrons. The van der Waals surface area contributed by atoms with Crippen molar-refractivity contribution in [2.45, 2.75) is 71.4 Å². The third kappa shape index (κ3) is 6.09. The van der Waals surface area contributed by atoms with Crippen LogP contribution >= 0.6 is 0 Å². The number of benzene rings is 2. The maximum Gasteiger partial charge on any atom is 0.251 e. The van der Waals surface area contributed by atoms with Gasteiger partial charge in [-0.25, -0.2) is 4.98 Å². The first kappa shape index (κ1) is 22.9. The summed E-state index contributed by atoms with van der Waals surface area (Å²) in [5.41, 5.74) is 2.69. The Kier molecular flexibility index (Phi) is 8.51. The average molecular weight is 422 g/mol. The number of fused-ring (bicyclic) bond motifs is 1. The number of ether oxygens (including phenoxy) is 1. The van der Waals surface area contributed by atoms with Gasteiger partial charge in [-0.3, -0.25) is 4.79 Å². The van der Waals surface area contributed by atoms with Crippen LogP contribution in [0.1, 0.15) is 81.0 Å². The molecule has 0 radical (unpaired) electrons. The first-order valence-electron chi connectivity index (χ1n) is 11.5. The number of nitrogens with one attached hydrogen (secondary N) is 1. The van der Waals surface area contributed by atoms with Crippen molar-refractivity contribution in [2.75, 3.05) is 7.11 Å². The molecular weight excluding hydrogens is 386 g/mol. The highest BCUT2D eigenvalue weighted by Crippen LogP contribution is 2.23. The molecule has 3 aromatic rings. The van der Waals surface area contributed by atoms with E-state index in [-0.39, 0.29) is 11.9 Å². The number of methoxy groups -OCH3 is 1. The second kappa shape index (κ2) is 11.5. The molecule has 0 bridgehead atoms. The van der Waals surface area contributed by atoms with Crippen LogP contribution in [-0.2, 0) is 6.54 Å². The normalized spacial score (nSPS) is 12.1. The molecule has 3 rings (SSSR count). The number of para-hydroxylation sites is 2. The lowest BCUT2D eigenvalue weighted by Gasteiger charge is -2.17. The van der Waals surface area contributed by atoms with E-state index in [1.165, 1.54) is 38.5 Å². The highest BCUT2D eigenvalue weighted by molar-refractivity contribution is 5.94. The van der Waals surface area contributed by atoms with Crippen molar-refractivity contribution in [3.8, 4) is 5.75 Å². The summed E-state index contributed by atoms with van der Waals surface area (Å²) in [4.78, 5) is 17.7. The van der Waals surface area contributed by atoms with E-state index in [2.05, 4.69) is 28.9 Å². The number of rotatable bonds is 12. The number of aromatic nitrogens is 2. The standard InChI is InChI=1S/C26H35N3O2/c1-4-5-6-7-8-9-12-18-29-24-17-11-10-16-23(24)28-25(29)20(2)27-26(30)21-14-13-15-22(19-21)31-3/h10-11,13-17,19-20H,4-9,12,18H2,1-3H3,(H,27,30). The fraction of sp³-hybridized carbons (Fsp3) is 0.462. The minimum absolute atomic E-state index is 0.124. The number of carbonyl (C=O) groups is 1. The van der Waals surface area contributed by atoms with E-state index >= 15 is 0 Å². The van der Waals surface area contributed by atoms with Crippen molar-refractivity contribution >= 4 is 16.9 Å². The van der Waals surface area contributed by atoms with Gasteiger partial charge in [0.15, 0.2) is 0 Å². The molecule has 0 aliphatic heterocycles. The van der Waals surface area contributed by atoms with Crippen molar-refractivity contribution in [2.24, 2.45) is 0 Å². The van der Waals surface area contributed by atoms with E-state index in [9.17, 15) is 4.79 Å². The maximum atomic E-state index is 12.8. The quantitative estimate of drug-likeness (QED) is 0.350. The molecule has 0 saturated heterocycles. The number of hydrogen-bond acceptors (Lipinski definition) is 3. The lowest BCUT2D eigenvalue weighted by atomic mass is 10.1. The van der Waals surface area contributed by atoms with Gasteiger partial charge in [0.25, 0.3) is 5.91 Å². The summed E-state index contributed by atoms with van der Waals surface area (Å²) in [5, 5.41) is 3.11. The number of amides is 1. The summed E-state index contributed by atoms with van der Waals surface area (Å²) >= 11 is 0. The van der Waals surface area contributed by atoms with Crippen molar-refractivity contribution in [3.63, 3.8) is 0 Å². The monoisotopic (exact) mass is 421 g/mol. The molecule has 1 unspecified atom stereocenters. The van der Waals surface area contributed by atoms with Gasteiger partial charge < -0.3 is 14.6 Å². The summed E-state index contributed by atoms with van der Waals surface area (Å²) in [7, 11) is 1.60. The Labute approximate surface area is 185 Å². The van der Waals surface area contributed by atoms with Crippen LogP contribution < -0.4 is 10.1 Å². The van der Waals surface area contributed by atoms with Gasteiger partial charge >= 0.3 is 0 Å². The molecule has 1 amide bonds. The van der Waals surface area contributed by atoms with Crippen molar-refractivity contribution in [1.29, 1.82) is 0 Å². The molecule has 1 N–H and O–H groups in total. The van der Waals surface area contributed by atoms with Crippen LogP contribution in [0, 0.1) is 0 Å². The Morgan fingerprint density at radius 2 is 1.77 bits per heavy atom. The van der Waals surface area contributed by atoms with Gasteiger partial charge in [-0.2, -0.15) is 0 Å². The Balaban J connectivity index is 1.69. The first-order valence-corrected chi connectivity index (χ1v) is 11.5. The van der Waals surface area contributed by atoms with Crippen LogP contribution in [-0.4, -0.2) is 22.6 Å². The van der Waals surface area contributed by atoms with Crippen LogP contribution in [0.15, 0.2) is 48.5 Å². The smallest absolute Gasteiger partial charge is 0.251 e. The zero-order chi connectivity index (χ0) is 22.1. The van der Waals surface area contributed by atoms with Gasteiger partial charge in [-0.15, -0.1) is 0 Å². The van der Waals surface area contributed by atoms with Gasteiger partial charge in [0.05, 0.1) is 24.2 Å². The molecule has 1 aromatic heterocycles. The predicted octanol–water partition coefficient (Wildman–Crippen LogP) is 6.29. The number of nitrogens with zero attached hydrogens (tertiary/aromatic N) is 2. The topological polar surface area (TPSA) is 56.2 Å². The van der Waals surface area contributed by atoms with Crippen LogP contribution in [0.2, 0.25) is 0 Å². The zero-order valence-electron chi connectivity index (χ0n) is 19.1. The molecule has 1 atom stereocenters. The van der Waals surface area contributed by atoms with E-state index in [4.69, 9.17) is 9.72 Å². The fourth-order valence-electron chi connectivity index (χ4n) is 4.00. The van der Waals surface area contributed by atoms with E-state index in [1.807, 2.05) is 31.2 Å². The molecule has 2 aromatic carbocycles. The van der Waals surface area contributed by atoms with E-state index in [0.29, 0.717) is 11.3 Å². The molecule has 0 aliphatic carbocycles. The van der Waals surface area contributed by atoms with Gasteiger partial charge in [0, 0.05) is 12.1 Å². The number of unbranched alkanes of at least 4 members (excludes halogenated alkanes) is 6.